The molecule has 1 heterocycles. The van der Waals surface area contributed by atoms with Crippen LogP contribution in [-0.4, -0.2) is 19.5 Å². The number of hydrogen-bond donors (Lipinski definition) is 2. The minimum Gasteiger partial charge on any atom is -0.375 e. The Balaban J connectivity index is 2.08. The van der Waals surface area contributed by atoms with Crippen molar-refractivity contribution in [2.24, 2.45) is 5.73 Å². The van der Waals surface area contributed by atoms with Gasteiger partial charge in [-0.2, -0.15) is 0 Å². The quantitative estimate of drug-likeness (QED) is 0.785. The van der Waals surface area contributed by atoms with Crippen LogP contribution in [0.5, 0.6) is 0 Å². The molecule has 1 amide bonds. The average Bonchev–Trinajstić information content (AvgIpc) is 2.65. The van der Waals surface area contributed by atoms with E-state index in [1.54, 1.807) is 0 Å². The van der Waals surface area contributed by atoms with E-state index in [9.17, 15) is 4.79 Å². The Morgan fingerprint density at radius 3 is 2.89 bits per heavy atom. The van der Waals surface area contributed by atoms with E-state index in [-0.39, 0.29) is 5.91 Å². The molecule has 3 N–H and O–H groups in total. The Bertz CT molecular complexity index is 445. The molecule has 0 aliphatic carbocycles. The summed E-state index contributed by atoms with van der Waals surface area (Å²) in [4.78, 5) is 13.7. The molecule has 18 heavy (non-hydrogen) atoms. The average molecular weight is 247 g/mol. The van der Waals surface area contributed by atoms with Crippen LogP contribution in [-0.2, 0) is 4.79 Å². The normalized spacial score (nSPS) is 17.5. The van der Waals surface area contributed by atoms with Crippen molar-refractivity contribution < 1.29 is 4.79 Å². The SMILES string of the molecule is CCCCCN(C)c1ccc2c(c1)NC(=O)C2N. The van der Waals surface area contributed by atoms with Gasteiger partial charge in [-0.15, -0.1) is 0 Å². The first-order valence-corrected chi connectivity index (χ1v) is 6.55. The first-order valence-electron chi connectivity index (χ1n) is 6.55. The van der Waals surface area contributed by atoms with Crippen molar-refractivity contribution in [3.63, 3.8) is 0 Å². The van der Waals surface area contributed by atoms with E-state index >= 15 is 0 Å². The summed E-state index contributed by atoms with van der Waals surface area (Å²) in [6, 6.07) is 5.47. The molecule has 98 valence electrons. The molecule has 4 heteroatoms. The van der Waals surface area contributed by atoms with Gasteiger partial charge in [0.2, 0.25) is 5.91 Å². The zero-order chi connectivity index (χ0) is 13.1. The highest BCUT2D eigenvalue weighted by molar-refractivity contribution is 6.02. The molecule has 1 aromatic rings. The number of benzene rings is 1. The summed E-state index contributed by atoms with van der Waals surface area (Å²) in [5, 5.41) is 2.82. The molecule has 1 aromatic carbocycles. The Hall–Kier alpha value is -1.55. The molecule has 4 nitrogen and oxygen atoms in total. The van der Waals surface area contributed by atoms with Gasteiger partial charge in [-0.1, -0.05) is 25.8 Å². The summed E-state index contributed by atoms with van der Waals surface area (Å²) in [5.41, 5.74) is 8.66. The molecule has 1 unspecified atom stereocenters. The number of fused-ring (bicyclic) bond motifs is 1. The molecular weight excluding hydrogens is 226 g/mol. The Morgan fingerprint density at radius 1 is 1.39 bits per heavy atom. The first kappa shape index (κ1) is 12.9. The van der Waals surface area contributed by atoms with Gasteiger partial charge >= 0.3 is 0 Å². The van der Waals surface area contributed by atoms with Crippen LogP contribution in [0.15, 0.2) is 18.2 Å². The topological polar surface area (TPSA) is 58.4 Å². The summed E-state index contributed by atoms with van der Waals surface area (Å²) in [5.74, 6) is -0.115. The van der Waals surface area contributed by atoms with Gasteiger partial charge in [0.15, 0.2) is 0 Å². The van der Waals surface area contributed by atoms with Crippen molar-refractivity contribution in [2.45, 2.75) is 32.2 Å². The van der Waals surface area contributed by atoms with E-state index in [1.807, 2.05) is 18.2 Å². The number of unbranched alkanes of at least 4 members (excludes halogenated alkanes) is 2. The van der Waals surface area contributed by atoms with E-state index in [0.717, 1.165) is 23.5 Å². The third-order valence-corrected chi connectivity index (χ3v) is 3.45. The van der Waals surface area contributed by atoms with Crippen LogP contribution < -0.4 is 16.0 Å². The number of amides is 1. The van der Waals surface area contributed by atoms with Crippen LogP contribution >= 0.6 is 0 Å². The number of nitrogens with two attached hydrogens (primary N) is 1. The number of carbonyl (C=O) groups is 1. The lowest BCUT2D eigenvalue weighted by Gasteiger charge is -2.20. The number of hydrogen-bond acceptors (Lipinski definition) is 3. The Kier molecular flexibility index (Phi) is 3.87. The summed E-state index contributed by atoms with van der Waals surface area (Å²) in [6.45, 7) is 3.24. The summed E-state index contributed by atoms with van der Waals surface area (Å²) >= 11 is 0. The maximum absolute atomic E-state index is 11.5. The third kappa shape index (κ3) is 2.48. The van der Waals surface area contributed by atoms with Crippen molar-refractivity contribution in [3.8, 4) is 0 Å². The van der Waals surface area contributed by atoms with Crippen molar-refractivity contribution in [1.29, 1.82) is 0 Å². The maximum Gasteiger partial charge on any atom is 0.245 e. The van der Waals surface area contributed by atoms with Gasteiger partial charge in [0.1, 0.15) is 6.04 Å². The van der Waals surface area contributed by atoms with Crippen molar-refractivity contribution in [2.75, 3.05) is 23.8 Å². The molecule has 1 atom stereocenters. The van der Waals surface area contributed by atoms with Crippen LogP contribution in [0.3, 0.4) is 0 Å². The van der Waals surface area contributed by atoms with Gasteiger partial charge < -0.3 is 16.0 Å². The minimum atomic E-state index is -0.514. The fraction of sp³-hybridized carbons (Fsp3) is 0.500. The number of carbonyl (C=O) groups excluding carboxylic acids is 1. The number of nitrogens with one attached hydrogen (secondary N) is 1. The molecule has 2 rings (SSSR count). The maximum atomic E-state index is 11.5. The van der Waals surface area contributed by atoms with E-state index in [2.05, 4.69) is 24.2 Å². The first-order chi connectivity index (χ1) is 8.63. The van der Waals surface area contributed by atoms with Gasteiger partial charge in [-0.3, -0.25) is 4.79 Å². The molecule has 0 aromatic heterocycles. The van der Waals surface area contributed by atoms with Crippen LogP contribution in [0.4, 0.5) is 11.4 Å². The van der Waals surface area contributed by atoms with Gasteiger partial charge in [-0.05, 0) is 18.6 Å². The van der Waals surface area contributed by atoms with Gasteiger partial charge in [0, 0.05) is 30.5 Å². The summed E-state index contributed by atoms with van der Waals surface area (Å²) in [6.07, 6.45) is 3.66. The van der Waals surface area contributed by atoms with Crippen LogP contribution in [0.25, 0.3) is 0 Å². The Labute approximate surface area is 108 Å². The van der Waals surface area contributed by atoms with Gasteiger partial charge in [0.05, 0.1) is 0 Å². The highest BCUT2D eigenvalue weighted by atomic mass is 16.2. The fourth-order valence-electron chi connectivity index (χ4n) is 2.24. The smallest absolute Gasteiger partial charge is 0.245 e. The van der Waals surface area contributed by atoms with E-state index in [1.165, 1.54) is 19.3 Å². The van der Waals surface area contributed by atoms with Crippen LogP contribution in [0.1, 0.15) is 37.8 Å². The molecule has 0 spiro atoms. The highest BCUT2D eigenvalue weighted by Gasteiger charge is 2.27. The van der Waals surface area contributed by atoms with Crippen molar-refractivity contribution in [3.05, 3.63) is 23.8 Å². The Morgan fingerprint density at radius 2 is 2.17 bits per heavy atom. The molecule has 0 fully saturated rings. The molecular formula is C14H21N3O. The zero-order valence-electron chi connectivity index (χ0n) is 11.1. The van der Waals surface area contributed by atoms with E-state index in [0.29, 0.717) is 0 Å². The zero-order valence-corrected chi connectivity index (χ0v) is 11.1. The van der Waals surface area contributed by atoms with Crippen LogP contribution in [0.2, 0.25) is 0 Å². The van der Waals surface area contributed by atoms with E-state index in [4.69, 9.17) is 5.73 Å². The molecule has 0 saturated carbocycles. The lowest BCUT2D eigenvalue weighted by Crippen LogP contribution is -2.19. The number of nitrogens with zero attached hydrogens (tertiary/aromatic N) is 1. The summed E-state index contributed by atoms with van der Waals surface area (Å²) in [7, 11) is 2.08. The van der Waals surface area contributed by atoms with E-state index < -0.39 is 6.04 Å². The van der Waals surface area contributed by atoms with Crippen molar-refractivity contribution in [1.82, 2.24) is 0 Å². The predicted molar refractivity (Wildman–Crippen MR) is 74.8 cm³/mol. The van der Waals surface area contributed by atoms with Crippen molar-refractivity contribution >= 4 is 17.3 Å². The lowest BCUT2D eigenvalue weighted by molar-refractivity contribution is -0.116. The largest absolute Gasteiger partial charge is 0.375 e. The standard InChI is InChI=1S/C14H21N3O/c1-3-4-5-8-17(2)10-6-7-11-12(9-10)16-14(18)13(11)15/h6-7,9,13H,3-5,8,15H2,1-2H3,(H,16,18). The second-order valence-electron chi connectivity index (χ2n) is 4.87. The monoisotopic (exact) mass is 247 g/mol. The molecule has 1 aliphatic heterocycles. The summed E-state index contributed by atoms with van der Waals surface area (Å²) < 4.78 is 0. The lowest BCUT2D eigenvalue weighted by atomic mass is 10.1. The molecule has 0 saturated heterocycles. The highest BCUT2D eigenvalue weighted by Crippen LogP contribution is 2.32. The molecule has 1 aliphatic rings. The van der Waals surface area contributed by atoms with Crippen LogP contribution in [0, 0.1) is 0 Å². The number of anilines is 2. The second-order valence-corrected chi connectivity index (χ2v) is 4.87. The van der Waals surface area contributed by atoms with Gasteiger partial charge in [0.25, 0.3) is 0 Å². The molecule has 0 bridgehead atoms. The molecule has 0 radical (unpaired) electrons. The third-order valence-electron chi connectivity index (χ3n) is 3.45. The number of rotatable bonds is 5. The van der Waals surface area contributed by atoms with Gasteiger partial charge in [-0.25, -0.2) is 0 Å². The fourth-order valence-corrected chi connectivity index (χ4v) is 2.24. The predicted octanol–water partition coefficient (Wildman–Crippen LogP) is 2.26. The minimum absolute atomic E-state index is 0.115. The second kappa shape index (κ2) is 5.40.